The van der Waals surface area contributed by atoms with Gasteiger partial charge in [0, 0.05) is 5.92 Å². The summed E-state index contributed by atoms with van der Waals surface area (Å²) in [4.78, 5) is 49.6. The van der Waals surface area contributed by atoms with Gasteiger partial charge in [0.15, 0.2) is 0 Å². The monoisotopic (exact) mass is 568 g/mol. The Balaban J connectivity index is 1.23. The first kappa shape index (κ1) is 28.2. The number of esters is 1. The van der Waals surface area contributed by atoms with Crippen LogP contribution in [0.15, 0.2) is 95.4 Å². The van der Waals surface area contributed by atoms with Gasteiger partial charge in [-0.05, 0) is 39.9 Å². The minimum Gasteiger partial charge on any atom is -0.475 e. The molecule has 3 aromatic carbocycles. The highest BCUT2D eigenvalue weighted by molar-refractivity contribution is 5.89. The van der Waals surface area contributed by atoms with Crippen LogP contribution in [0.3, 0.4) is 0 Å². The zero-order valence-corrected chi connectivity index (χ0v) is 22.4. The molecule has 1 aliphatic carbocycles. The van der Waals surface area contributed by atoms with E-state index in [9.17, 15) is 19.2 Å². The van der Waals surface area contributed by atoms with E-state index >= 15 is 0 Å². The van der Waals surface area contributed by atoms with E-state index in [0.717, 1.165) is 27.8 Å². The standard InChI is InChI=1S/C32H28N2O8/c35-29(40-18-20-8-2-1-3-9-20)16-27(30(36)33-17-21-14-15-28(42-21)31(37)38)34-32(39)41-19-26-24-12-6-4-10-22(24)23-11-5-7-13-25(23)26/h1-15,26-27H,16-19H2,(H,33,36)(H,34,39)(H,37,38)/t27-/m0/s1. The van der Waals surface area contributed by atoms with Crippen molar-refractivity contribution < 1.29 is 38.2 Å². The summed E-state index contributed by atoms with van der Waals surface area (Å²) in [6, 6.07) is 26.2. The molecule has 10 nitrogen and oxygen atoms in total. The van der Waals surface area contributed by atoms with E-state index in [1.54, 1.807) is 12.1 Å². The van der Waals surface area contributed by atoms with Crippen LogP contribution in [0.2, 0.25) is 0 Å². The molecule has 0 aliphatic heterocycles. The second kappa shape index (κ2) is 12.9. The van der Waals surface area contributed by atoms with Gasteiger partial charge in [-0.25, -0.2) is 9.59 Å². The number of rotatable bonds is 11. The Kier molecular flexibility index (Phi) is 8.62. The van der Waals surface area contributed by atoms with Crippen LogP contribution in [-0.2, 0) is 32.2 Å². The molecule has 1 heterocycles. The first-order chi connectivity index (χ1) is 20.4. The van der Waals surface area contributed by atoms with Crippen molar-refractivity contribution in [3.8, 4) is 11.1 Å². The van der Waals surface area contributed by atoms with Gasteiger partial charge in [-0.2, -0.15) is 0 Å². The highest BCUT2D eigenvalue weighted by Gasteiger charge is 2.30. The van der Waals surface area contributed by atoms with E-state index in [4.69, 9.17) is 19.0 Å². The van der Waals surface area contributed by atoms with Gasteiger partial charge in [0.25, 0.3) is 0 Å². The molecule has 0 spiro atoms. The Hall–Kier alpha value is -5.38. The maximum Gasteiger partial charge on any atom is 0.407 e. The van der Waals surface area contributed by atoms with Gasteiger partial charge in [-0.1, -0.05) is 78.9 Å². The molecule has 0 unspecified atom stereocenters. The summed E-state index contributed by atoms with van der Waals surface area (Å²) in [6.07, 6.45) is -1.33. The number of aromatic carboxylic acids is 1. The molecular weight excluding hydrogens is 540 g/mol. The van der Waals surface area contributed by atoms with Crippen molar-refractivity contribution in [1.29, 1.82) is 0 Å². The predicted molar refractivity (Wildman–Crippen MR) is 150 cm³/mol. The fourth-order valence-electron chi connectivity index (χ4n) is 4.84. The third-order valence-corrected chi connectivity index (χ3v) is 6.87. The normalized spacial score (nSPS) is 12.5. The number of furan rings is 1. The maximum absolute atomic E-state index is 13.0. The number of amides is 2. The van der Waals surface area contributed by atoms with Crippen molar-refractivity contribution in [2.24, 2.45) is 0 Å². The van der Waals surface area contributed by atoms with Crippen LogP contribution in [0.1, 0.15) is 45.3 Å². The number of hydrogen-bond acceptors (Lipinski definition) is 7. The molecule has 0 radical (unpaired) electrons. The lowest BCUT2D eigenvalue weighted by Crippen LogP contribution is -2.48. The Morgan fingerprint density at radius 1 is 0.810 bits per heavy atom. The van der Waals surface area contributed by atoms with Crippen molar-refractivity contribution in [3.63, 3.8) is 0 Å². The van der Waals surface area contributed by atoms with E-state index in [1.807, 2.05) is 66.7 Å². The Labute approximate surface area is 241 Å². The number of nitrogens with one attached hydrogen (secondary N) is 2. The van der Waals surface area contributed by atoms with Crippen LogP contribution >= 0.6 is 0 Å². The number of carbonyl (C=O) groups is 4. The smallest absolute Gasteiger partial charge is 0.407 e. The fraction of sp³-hybridized carbons (Fsp3) is 0.188. The van der Waals surface area contributed by atoms with E-state index in [-0.39, 0.29) is 37.2 Å². The molecule has 1 atom stereocenters. The molecule has 2 amide bonds. The van der Waals surface area contributed by atoms with Crippen LogP contribution in [0.5, 0.6) is 0 Å². The largest absolute Gasteiger partial charge is 0.475 e. The lowest BCUT2D eigenvalue weighted by molar-refractivity contribution is -0.147. The minimum atomic E-state index is -1.32. The molecule has 0 saturated heterocycles. The molecule has 42 heavy (non-hydrogen) atoms. The summed E-state index contributed by atoms with van der Waals surface area (Å²) in [6.45, 7) is -0.131. The number of hydrogen-bond donors (Lipinski definition) is 3. The van der Waals surface area contributed by atoms with Gasteiger partial charge in [0.2, 0.25) is 11.7 Å². The number of carbonyl (C=O) groups excluding carboxylic acids is 3. The Bertz CT molecular complexity index is 1550. The zero-order valence-electron chi connectivity index (χ0n) is 22.4. The van der Waals surface area contributed by atoms with Crippen molar-refractivity contribution in [2.45, 2.75) is 31.5 Å². The molecule has 3 N–H and O–H groups in total. The summed E-state index contributed by atoms with van der Waals surface area (Å²) in [5.74, 6) is -2.93. The lowest BCUT2D eigenvalue weighted by Gasteiger charge is -2.19. The third kappa shape index (κ3) is 6.67. The second-order valence-electron chi connectivity index (χ2n) is 9.66. The fourth-order valence-corrected chi connectivity index (χ4v) is 4.84. The number of fused-ring (bicyclic) bond motifs is 3. The topological polar surface area (TPSA) is 144 Å². The Morgan fingerprint density at radius 3 is 2.10 bits per heavy atom. The van der Waals surface area contributed by atoms with Crippen molar-refractivity contribution in [2.75, 3.05) is 6.61 Å². The molecule has 214 valence electrons. The number of ether oxygens (including phenoxy) is 2. The van der Waals surface area contributed by atoms with Gasteiger partial charge >= 0.3 is 18.0 Å². The predicted octanol–water partition coefficient (Wildman–Crippen LogP) is 4.63. The van der Waals surface area contributed by atoms with E-state index < -0.39 is 36.4 Å². The first-order valence-corrected chi connectivity index (χ1v) is 13.3. The van der Waals surface area contributed by atoms with Gasteiger partial charge in [0.05, 0.1) is 13.0 Å². The molecule has 0 fully saturated rings. The summed E-state index contributed by atoms with van der Waals surface area (Å²) in [7, 11) is 0. The molecule has 1 aromatic heterocycles. The summed E-state index contributed by atoms with van der Waals surface area (Å²) in [5.41, 5.74) is 4.98. The van der Waals surface area contributed by atoms with Crippen LogP contribution in [-0.4, -0.2) is 41.7 Å². The van der Waals surface area contributed by atoms with Crippen molar-refractivity contribution in [3.05, 3.63) is 119 Å². The van der Waals surface area contributed by atoms with E-state index in [0.29, 0.717) is 0 Å². The summed E-state index contributed by atoms with van der Waals surface area (Å²) < 4.78 is 16.0. The van der Waals surface area contributed by atoms with Gasteiger partial charge in [-0.15, -0.1) is 0 Å². The molecule has 5 rings (SSSR count). The highest BCUT2D eigenvalue weighted by atomic mass is 16.5. The molecule has 0 bridgehead atoms. The summed E-state index contributed by atoms with van der Waals surface area (Å²) >= 11 is 0. The molecule has 4 aromatic rings. The molecule has 0 saturated carbocycles. The van der Waals surface area contributed by atoms with Crippen molar-refractivity contribution in [1.82, 2.24) is 10.6 Å². The molecular formula is C32H28N2O8. The lowest BCUT2D eigenvalue weighted by atomic mass is 9.98. The van der Waals surface area contributed by atoms with Crippen LogP contribution in [0.4, 0.5) is 4.79 Å². The number of carboxylic acid groups (broad SMARTS) is 1. The van der Waals surface area contributed by atoms with Crippen LogP contribution < -0.4 is 10.6 Å². The minimum absolute atomic E-state index is 0.00329. The maximum atomic E-state index is 13.0. The summed E-state index contributed by atoms with van der Waals surface area (Å²) in [5, 5.41) is 14.1. The van der Waals surface area contributed by atoms with Crippen LogP contribution in [0.25, 0.3) is 11.1 Å². The average Bonchev–Trinajstić information content (AvgIpc) is 3.61. The quantitative estimate of drug-likeness (QED) is 0.222. The zero-order chi connectivity index (χ0) is 29.5. The Morgan fingerprint density at radius 2 is 1.45 bits per heavy atom. The number of benzene rings is 3. The number of alkyl carbamates (subject to hydrolysis) is 1. The second-order valence-corrected chi connectivity index (χ2v) is 9.66. The first-order valence-electron chi connectivity index (χ1n) is 13.3. The van der Waals surface area contributed by atoms with Gasteiger partial charge < -0.3 is 29.6 Å². The van der Waals surface area contributed by atoms with Crippen LogP contribution in [0, 0.1) is 0 Å². The van der Waals surface area contributed by atoms with Gasteiger partial charge in [-0.3, -0.25) is 9.59 Å². The average molecular weight is 569 g/mol. The van der Waals surface area contributed by atoms with Gasteiger partial charge in [0.1, 0.15) is 25.0 Å². The van der Waals surface area contributed by atoms with Crippen molar-refractivity contribution >= 4 is 23.9 Å². The third-order valence-electron chi connectivity index (χ3n) is 6.87. The SMILES string of the molecule is O=C(C[C@H](NC(=O)OCC1c2ccccc2-c2ccccc21)C(=O)NCc1ccc(C(=O)O)o1)OCc1ccccc1. The van der Waals surface area contributed by atoms with E-state index in [2.05, 4.69) is 10.6 Å². The highest BCUT2D eigenvalue weighted by Crippen LogP contribution is 2.44. The van der Waals surface area contributed by atoms with E-state index in [1.165, 1.54) is 12.1 Å². The molecule has 10 heteroatoms. The molecule has 1 aliphatic rings. The number of carboxylic acids is 1.